The van der Waals surface area contributed by atoms with Crippen molar-refractivity contribution in [2.75, 3.05) is 6.61 Å². The molecule has 0 aliphatic carbocycles. The van der Waals surface area contributed by atoms with Gasteiger partial charge in [0.05, 0.1) is 6.61 Å². The lowest BCUT2D eigenvalue weighted by Gasteiger charge is -2.39. The molecule has 0 unspecified atom stereocenters. The first-order chi connectivity index (χ1) is 10.4. The summed E-state index contributed by atoms with van der Waals surface area (Å²) in [6, 6.07) is 6.47. The summed E-state index contributed by atoms with van der Waals surface area (Å²) in [5.41, 5.74) is 11.0. The fourth-order valence-corrected chi connectivity index (χ4v) is 2.08. The predicted molar refractivity (Wildman–Crippen MR) is 76.3 cm³/mol. The topological polar surface area (TPSA) is 164 Å². The number of para-hydroxylation sites is 2. The second-order valence-corrected chi connectivity index (χ2v) is 4.82. The van der Waals surface area contributed by atoms with Crippen LogP contribution in [0.25, 0.3) is 0 Å². The Balaban J connectivity index is 2.21. The molecule has 9 heteroatoms. The van der Waals surface area contributed by atoms with Gasteiger partial charge in [-0.25, -0.2) is 4.99 Å². The van der Waals surface area contributed by atoms with Gasteiger partial charge >= 0.3 is 0 Å². The van der Waals surface area contributed by atoms with Gasteiger partial charge in [0.1, 0.15) is 35.9 Å². The molecule has 1 aliphatic rings. The van der Waals surface area contributed by atoms with Gasteiger partial charge in [0.15, 0.2) is 5.96 Å². The number of benzene rings is 1. The van der Waals surface area contributed by atoms with E-state index < -0.39 is 37.3 Å². The maximum atomic E-state index is 9.93. The van der Waals surface area contributed by atoms with E-state index in [2.05, 4.69) is 4.99 Å². The normalized spacial score (nSPS) is 31.5. The number of guanidine groups is 1. The minimum atomic E-state index is -1.52. The Bertz CT molecular complexity index is 534. The summed E-state index contributed by atoms with van der Waals surface area (Å²) >= 11 is 0. The Morgan fingerprint density at radius 3 is 2.45 bits per heavy atom. The van der Waals surface area contributed by atoms with Gasteiger partial charge < -0.3 is 41.4 Å². The lowest BCUT2D eigenvalue weighted by molar-refractivity contribution is -0.277. The molecular formula is C13H19N3O6. The number of nitrogens with two attached hydrogens (primary N) is 2. The number of aliphatic hydroxyl groups is 4. The second-order valence-electron chi connectivity index (χ2n) is 4.82. The molecule has 2 rings (SSSR count). The summed E-state index contributed by atoms with van der Waals surface area (Å²) in [7, 11) is 0. The van der Waals surface area contributed by atoms with Crippen LogP contribution in [0.2, 0.25) is 0 Å². The molecule has 0 bridgehead atoms. The van der Waals surface area contributed by atoms with Crippen LogP contribution in [-0.4, -0.2) is 63.7 Å². The number of hydrogen-bond acceptors (Lipinski definition) is 7. The lowest BCUT2D eigenvalue weighted by atomic mass is 9.99. The first-order valence-electron chi connectivity index (χ1n) is 6.60. The SMILES string of the molecule is NC(N)=Nc1ccccc1O[C@@H]1O[C@H](CO)[C@@H](O)[C@H](O)[C@H]1O. The molecular weight excluding hydrogens is 294 g/mol. The van der Waals surface area contributed by atoms with Gasteiger partial charge in [-0.15, -0.1) is 0 Å². The Morgan fingerprint density at radius 1 is 1.14 bits per heavy atom. The highest BCUT2D eigenvalue weighted by Crippen LogP contribution is 2.30. The van der Waals surface area contributed by atoms with Gasteiger partial charge in [-0.2, -0.15) is 0 Å². The minimum absolute atomic E-state index is 0.176. The van der Waals surface area contributed by atoms with E-state index in [0.717, 1.165) is 0 Å². The first kappa shape index (κ1) is 16.5. The largest absolute Gasteiger partial charge is 0.460 e. The van der Waals surface area contributed by atoms with Crippen molar-refractivity contribution in [1.29, 1.82) is 0 Å². The molecule has 5 atom stereocenters. The van der Waals surface area contributed by atoms with E-state index in [1.807, 2.05) is 0 Å². The third-order valence-corrected chi connectivity index (χ3v) is 3.21. The van der Waals surface area contributed by atoms with Gasteiger partial charge in [-0.1, -0.05) is 12.1 Å². The van der Waals surface area contributed by atoms with Crippen LogP contribution in [-0.2, 0) is 4.74 Å². The maximum Gasteiger partial charge on any atom is 0.229 e. The molecule has 1 saturated heterocycles. The average Bonchev–Trinajstić information content (AvgIpc) is 2.49. The number of aliphatic hydroxyl groups excluding tert-OH is 4. The van der Waals surface area contributed by atoms with Crippen LogP contribution in [0, 0.1) is 0 Å². The number of hydrogen-bond donors (Lipinski definition) is 6. The molecule has 1 fully saturated rings. The van der Waals surface area contributed by atoms with Crippen LogP contribution in [0.1, 0.15) is 0 Å². The van der Waals surface area contributed by atoms with E-state index in [9.17, 15) is 15.3 Å². The van der Waals surface area contributed by atoms with E-state index in [-0.39, 0.29) is 11.7 Å². The number of nitrogens with zero attached hydrogens (tertiary/aromatic N) is 1. The maximum absolute atomic E-state index is 9.93. The van der Waals surface area contributed by atoms with Gasteiger partial charge in [-0.05, 0) is 12.1 Å². The summed E-state index contributed by atoms with van der Waals surface area (Å²) in [4.78, 5) is 3.87. The quantitative estimate of drug-likeness (QED) is 0.268. The van der Waals surface area contributed by atoms with Crippen LogP contribution in [0.5, 0.6) is 5.75 Å². The van der Waals surface area contributed by atoms with Crippen LogP contribution in [0.3, 0.4) is 0 Å². The molecule has 22 heavy (non-hydrogen) atoms. The molecule has 0 amide bonds. The molecule has 1 aliphatic heterocycles. The van der Waals surface area contributed by atoms with Crippen molar-refractivity contribution in [1.82, 2.24) is 0 Å². The fourth-order valence-electron chi connectivity index (χ4n) is 2.08. The molecule has 0 spiro atoms. The highest BCUT2D eigenvalue weighted by molar-refractivity contribution is 5.80. The van der Waals surface area contributed by atoms with Gasteiger partial charge in [0.25, 0.3) is 0 Å². The van der Waals surface area contributed by atoms with Crippen molar-refractivity contribution in [2.24, 2.45) is 16.5 Å². The highest BCUT2D eigenvalue weighted by Gasteiger charge is 2.44. The fraction of sp³-hybridized carbons (Fsp3) is 0.462. The second kappa shape index (κ2) is 6.90. The van der Waals surface area contributed by atoms with Crippen molar-refractivity contribution in [3.8, 4) is 5.75 Å². The van der Waals surface area contributed by atoms with Crippen molar-refractivity contribution in [3.05, 3.63) is 24.3 Å². The van der Waals surface area contributed by atoms with E-state index in [1.165, 1.54) is 0 Å². The van der Waals surface area contributed by atoms with E-state index in [0.29, 0.717) is 5.69 Å². The Morgan fingerprint density at radius 2 is 1.82 bits per heavy atom. The molecule has 1 aromatic rings. The van der Waals surface area contributed by atoms with Gasteiger partial charge in [0.2, 0.25) is 6.29 Å². The van der Waals surface area contributed by atoms with Crippen molar-refractivity contribution < 1.29 is 29.9 Å². The Labute approximate surface area is 126 Å². The van der Waals surface area contributed by atoms with Gasteiger partial charge in [-0.3, -0.25) is 0 Å². The van der Waals surface area contributed by atoms with Crippen molar-refractivity contribution in [3.63, 3.8) is 0 Å². The summed E-state index contributed by atoms with van der Waals surface area (Å²) in [5, 5.41) is 38.5. The third kappa shape index (κ3) is 3.46. The molecule has 122 valence electrons. The summed E-state index contributed by atoms with van der Waals surface area (Å²) in [5.74, 6) is 0.0325. The van der Waals surface area contributed by atoms with E-state index in [1.54, 1.807) is 24.3 Å². The zero-order valence-electron chi connectivity index (χ0n) is 11.6. The zero-order chi connectivity index (χ0) is 16.3. The van der Waals surface area contributed by atoms with Crippen molar-refractivity contribution in [2.45, 2.75) is 30.7 Å². The molecule has 9 nitrogen and oxygen atoms in total. The van der Waals surface area contributed by atoms with Crippen LogP contribution >= 0.6 is 0 Å². The summed E-state index contributed by atoms with van der Waals surface area (Å²) in [6.45, 7) is -0.541. The molecule has 1 heterocycles. The molecule has 0 radical (unpaired) electrons. The Kier molecular flexibility index (Phi) is 5.16. The van der Waals surface area contributed by atoms with Crippen molar-refractivity contribution >= 4 is 11.6 Å². The van der Waals surface area contributed by atoms with E-state index >= 15 is 0 Å². The molecule has 0 aromatic heterocycles. The third-order valence-electron chi connectivity index (χ3n) is 3.21. The smallest absolute Gasteiger partial charge is 0.229 e. The van der Waals surface area contributed by atoms with Crippen LogP contribution in [0.15, 0.2) is 29.3 Å². The van der Waals surface area contributed by atoms with Crippen LogP contribution < -0.4 is 16.2 Å². The van der Waals surface area contributed by atoms with E-state index in [4.69, 9.17) is 26.0 Å². The molecule has 8 N–H and O–H groups in total. The molecule has 1 aromatic carbocycles. The number of ether oxygens (including phenoxy) is 2. The monoisotopic (exact) mass is 313 g/mol. The zero-order valence-corrected chi connectivity index (χ0v) is 11.6. The highest BCUT2D eigenvalue weighted by atomic mass is 16.7. The van der Waals surface area contributed by atoms with Crippen LogP contribution in [0.4, 0.5) is 5.69 Å². The predicted octanol–water partition coefficient (Wildman–Crippen LogP) is -2.23. The number of rotatable bonds is 4. The Hall–Kier alpha value is -1.91. The minimum Gasteiger partial charge on any atom is -0.460 e. The summed E-state index contributed by atoms with van der Waals surface area (Å²) in [6.07, 6.45) is -6.84. The molecule has 0 saturated carbocycles. The first-order valence-corrected chi connectivity index (χ1v) is 6.60. The lowest BCUT2D eigenvalue weighted by Crippen LogP contribution is -2.60. The average molecular weight is 313 g/mol. The van der Waals surface area contributed by atoms with Gasteiger partial charge in [0, 0.05) is 0 Å². The standard InChI is InChI=1S/C13H19N3O6/c14-13(15)16-6-3-1-2-4-7(6)21-12-11(20)10(19)9(18)8(5-17)22-12/h1-4,8-12,17-20H,5H2,(H4,14,15,16)/t8-,9-,10+,11-,12-/m1/s1. The summed E-state index contributed by atoms with van der Waals surface area (Å²) < 4.78 is 10.7. The number of aliphatic imine (C=N–C) groups is 1.